The minimum atomic E-state index is -0.120. The van der Waals surface area contributed by atoms with Gasteiger partial charge in [-0.1, -0.05) is 30.3 Å². The van der Waals surface area contributed by atoms with Crippen LogP contribution in [0.1, 0.15) is 31.5 Å². The van der Waals surface area contributed by atoms with Crippen LogP contribution < -0.4 is 0 Å². The fourth-order valence-electron chi connectivity index (χ4n) is 2.39. The lowest BCUT2D eigenvalue weighted by Crippen LogP contribution is -2.29. The number of aliphatic hydroxyl groups is 1. The molecule has 2 rings (SSSR count). The molecule has 0 spiro atoms. The van der Waals surface area contributed by atoms with E-state index in [0.29, 0.717) is 4.77 Å². The summed E-state index contributed by atoms with van der Waals surface area (Å²) in [5.74, 6) is 0. The van der Waals surface area contributed by atoms with Gasteiger partial charge < -0.3 is 14.7 Å². The van der Waals surface area contributed by atoms with Crippen molar-refractivity contribution >= 4 is 12.2 Å². The van der Waals surface area contributed by atoms with E-state index in [1.807, 2.05) is 10.6 Å². The molecule has 3 nitrogen and oxygen atoms in total. The lowest BCUT2D eigenvalue weighted by atomic mass is 9.94. The third-order valence-corrected chi connectivity index (χ3v) is 3.79. The van der Waals surface area contributed by atoms with E-state index in [-0.39, 0.29) is 12.1 Å². The number of aryl methyl sites for hydroxylation is 1. The minimum absolute atomic E-state index is 0.00189. The summed E-state index contributed by atoms with van der Waals surface area (Å²) in [6, 6.07) is 10.4. The van der Waals surface area contributed by atoms with E-state index in [9.17, 15) is 5.11 Å². The highest BCUT2D eigenvalue weighted by Gasteiger charge is 2.23. The highest BCUT2D eigenvalue weighted by atomic mass is 32.1. The number of aromatic nitrogens is 2. The van der Waals surface area contributed by atoms with Crippen LogP contribution in [0.2, 0.25) is 0 Å². The normalized spacial score (nSPS) is 11.7. The second-order valence-electron chi connectivity index (χ2n) is 5.38. The van der Waals surface area contributed by atoms with Crippen LogP contribution in [0.15, 0.2) is 36.5 Å². The van der Waals surface area contributed by atoms with Crippen molar-refractivity contribution in [2.45, 2.75) is 38.8 Å². The number of rotatable bonds is 5. The first-order chi connectivity index (χ1) is 9.04. The SMILES string of the molecule is CC(C)(CCc1ccccc1)n1c(CO)c[nH]c1=S. The van der Waals surface area contributed by atoms with E-state index in [1.165, 1.54) is 5.56 Å². The lowest BCUT2D eigenvalue weighted by Gasteiger charge is -2.28. The third kappa shape index (κ3) is 3.14. The van der Waals surface area contributed by atoms with Crippen LogP contribution in [0, 0.1) is 4.77 Å². The zero-order chi connectivity index (χ0) is 13.9. The molecule has 0 aliphatic carbocycles. The van der Waals surface area contributed by atoms with Gasteiger partial charge in [-0.3, -0.25) is 0 Å². The molecule has 0 aliphatic rings. The van der Waals surface area contributed by atoms with Crippen LogP contribution >= 0.6 is 12.2 Å². The van der Waals surface area contributed by atoms with E-state index in [1.54, 1.807) is 6.20 Å². The molecule has 0 aliphatic heterocycles. The molecule has 1 aromatic carbocycles. The van der Waals surface area contributed by atoms with Crippen molar-refractivity contribution in [3.05, 3.63) is 52.6 Å². The van der Waals surface area contributed by atoms with Crippen LogP contribution in [0.3, 0.4) is 0 Å². The van der Waals surface area contributed by atoms with E-state index >= 15 is 0 Å². The molecule has 1 aromatic heterocycles. The molecule has 2 aromatic rings. The van der Waals surface area contributed by atoms with Crippen LogP contribution in [-0.4, -0.2) is 14.7 Å². The Morgan fingerprint density at radius 3 is 2.58 bits per heavy atom. The standard InChI is InChI=1S/C15H20N2OS/c1-15(2,9-8-12-6-4-3-5-7-12)17-13(11-18)10-16-14(17)19/h3-7,10,18H,8-9,11H2,1-2H3,(H,16,19). The summed E-state index contributed by atoms with van der Waals surface area (Å²) in [4.78, 5) is 3.01. The lowest BCUT2D eigenvalue weighted by molar-refractivity contribution is 0.243. The van der Waals surface area contributed by atoms with Gasteiger partial charge in [0.1, 0.15) is 0 Å². The number of aliphatic hydroxyl groups excluding tert-OH is 1. The van der Waals surface area contributed by atoms with Crippen LogP contribution in [-0.2, 0) is 18.6 Å². The smallest absolute Gasteiger partial charge is 0.177 e. The Morgan fingerprint density at radius 1 is 1.26 bits per heavy atom. The van der Waals surface area contributed by atoms with Crippen molar-refractivity contribution in [3.63, 3.8) is 0 Å². The molecule has 102 valence electrons. The molecule has 0 fully saturated rings. The summed E-state index contributed by atoms with van der Waals surface area (Å²) in [5, 5.41) is 9.39. The van der Waals surface area contributed by atoms with Gasteiger partial charge in [-0.05, 0) is 44.5 Å². The molecule has 19 heavy (non-hydrogen) atoms. The Bertz CT molecular complexity index is 584. The van der Waals surface area contributed by atoms with Crippen molar-refractivity contribution in [2.75, 3.05) is 0 Å². The Hall–Kier alpha value is -1.39. The maximum absolute atomic E-state index is 9.39. The topological polar surface area (TPSA) is 41.0 Å². The maximum atomic E-state index is 9.39. The molecule has 0 saturated carbocycles. The van der Waals surface area contributed by atoms with Crippen molar-refractivity contribution in [3.8, 4) is 0 Å². The zero-order valence-electron chi connectivity index (χ0n) is 11.4. The number of imidazole rings is 1. The van der Waals surface area contributed by atoms with Crippen LogP contribution in [0.4, 0.5) is 0 Å². The minimum Gasteiger partial charge on any atom is -0.390 e. The van der Waals surface area contributed by atoms with Crippen LogP contribution in [0.5, 0.6) is 0 Å². The maximum Gasteiger partial charge on any atom is 0.177 e. The number of H-pyrrole nitrogens is 1. The van der Waals surface area contributed by atoms with Gasteiger partial charge in [-0.15, -0.1) is 0 Å². The van der Waals surface area contributed by atoms with Gasteiger partial charge in [0.05, 0.1) is 12.3 Å². The Morgan fingerprint density at radius 2 is 1.95 bits per heavy atom. The van der Waals surface area contributed by atoms with E-state index in [0.717, 1.165) is 18.5 Å². The van der Waals surface area contributed by atoms with Crippen molar-refractivity contribution in [1.82, 2.24) is 9.55 Å². The van der Waals surface area contributed by atoms with Crippen molar-refractivity contribution < 1.29 is 5.11 Å². The van der Waals surface area contributed by atoms with Gasteiger partial charge in [0, 0.05) is 11.7 Å². The first kappa shape index (κ1) is 14.0. The first-order valence-corrected chi connectivity index (χ1v) is 6.90. The summed E-state index contributed by atoms with van der Waals surface area (Å²) in [6.45, 7) is 4.30. The van der Waals surface area contributed by atoms with Gasteiger partial charge >= 0.3 is 0 Å². The Labute approximate surface area is 118 Å². The molecule has 0 bridgehead atoms. The molecule has 4 heteroatoms. The van der Waals surface area contributed by atoms with E-state index < -0.39 is 0 Å². The number of nitrogens with one attached hydrogen (secondary N) is 1. The van der Waals surface area contributed by atoms with E-state index in [4.69, 9.17) is 12.2 Å². The van der Waals surface area contributed by atoms with Gasteiger partial charge in [-0.25, -0.2) is 0 Å². The van der Waals surface area contributed by atoms with Crippen molar-refractivity contribution in [2.24, 2.45) is 0 Å². The predicted octanol–water partition coefficient (Wildman–Crippen LogP) is 3.41. The van der Waals surface area contributed by atoms with Gasteiger partial charge in [0.15, 0.2) is 4.77 Å². The number of aromatic amines is 1. The number of nitrogens with zero attached hydrogens (tertiary/aromatic N) is 1. The largest absolute Gasteiger partial charge is 0.390 e. The molecule has 1 heterocycles. The van der Waals surface area contributed by atoms with Gasteiger partial charge in [0.2, 0.25) is 0 Å². The number of benzene rings is 1. The molecule has 0 amide bonds. The highest BCUT2D eigenvalue weighted by Crippen LogP contribution is 2.25. The van der Waals surface area contributed by atoms with Crippen LogP contribution in [0.25, 0.3) is 0 Å². The van der Waals surface area contributed by atoms with E-state index in [2.05, 4.69) is 43.1 Å². The molecule has 2 N–H and O–H groups in total. The number of hydrogen-bond donors (Lipinski definition) is 2. The fraction of sp³-hybridized carbons (Fsp3) is 0.400. The first-order valence-electron chi connectivity index (χ1n) is 6.49. The fourth-order valence-corrected chi connectivity index (χ4v) is 2.81. The monoisotopic (exact) mass is 276 g/mol. The quantitative estimate of drug-likeness (QED) is 0.822. The molecular formula is C15H20N2OS. The highest BCUT2D eigenvalue weighted by molar-refractivity contribution is 7.71. The third-order valence-electron chi connectivity index (χ3n) is 3.49. The summed E-state index contributed by atoms with van der Waals surface area (Å²) in [7, 11) is 0. The Kier molecular flexibility index (Phi) is 4.22. The summed E-state index contributed by atoms with van der Waals surface area (Å²) >= 11 is 5.31. The molecular weight excluding hydrogens is 256 g/mol. The van der Waals surface area contributed by atoms with Gasteiger partial charge in [-0.2, -0.15) is 0 Å². The molecule has 0 unspecified atom stereocenters. The molecule has 0 saturated heterocycles. The second-order valence-corrected chi connectivity index (χ2v) is 5.76. The predicted molar refractivity (Wildman–Crippen MR) is 79.6 cm³/mol. The second kappa shape index (κ2) is 5.72. The number of hydrogen-bond acceptors (Lipinski definition) is 2. The van der Waals surface area contributed by atoms with Crippen molar-refractivity contribution in [1.29, 1.82) is 0 Å². The average molecular weight is 276 g/mol. The molecule has 0 radical (unpaired) electrons. The van der Waals surface area contributed by atoms with Gasteiger partial charge in [0.25, 0.3) is 0 Å². The average Bonchev–Trinajstić information content (AvgIpc) is 2.80. The summed E-state index contributed by atoms with van der Waals surface area (Å²) < 4.78 is 2.69. The summed E-state index contributed by atoms with van der Waals surface area (Å²) in [5.41, 5.74) is 2.04. The Balaban J connectivity index is 2.18. The zero-order valence-corrected chi connectivity index (χ0v) is 12.2. The summed E-state index contributed by atoms with van der Waals surface area (Å²) in [6.07, 6.45) is 3.74. The molecule has 0 atom stereocenters.